The van der Waals surface area contributed by atoms with Gasteiger partial charge in [0.1, 0.15) is 29.8 Å². The van der Waals surface area contributed by atoms with E-state index in [0.29, 0.717) is 17.3 Å². The third-order valence-electron chi connectivity index (χ3n) is 3.65. The first kappa shape index (κ1) is 14.8. The first-order chi connectivity index (χ1) is 10.1. The first-order valence-electron chi connectivity index (χ1n) is 6.63. The van der Waals surface area contributed by atoms with Crippen molar-refractivity contribution in [2.75, 3.05) is 23.9 Å². The maximum atomic E-state index is 10.2. The van der Waals surface area contributed by atoms with Gasteiger partial charge < -0.3 is 25.4 Å². The topological polar surface area (TPSA) is 112 Å². The fourth-order valence-electron chi connectivity index (χ4n) is 2.57. The molecule has 0 bridgehead atoms. The highest BCUT2D eigenvalue weighted by Crippen LogP contribution is 2.35. The normalized spacial score (nSPS) is 35.3. The van der Waals surface area contributed by atoms with Crippen LogP contribution in [0.4, 0.5) is 5.82 Å². The number of aliphatic hydroxyl groups excluding tert-OH is 3. The zero-order valence-electron chi connectivity index (χ0n) is 11.5. The van der Waals surface area contributed by atoms with Crippen molar-refractivity contribution in [2.24, 2.45) is 4.99 Å². The molecule has 2 aliphatic heterocycles. The van der Waals surface area contributed by atoms with E-state index in [0.717, 1.165) is 0 Å². The van der Waals surface area contributed by atoms with Gasteiger partial charge in [-0.15, -0.1) is 0 Å². The number of fused-ring (bicyclic) bond motifs is 1. The summed E-state index contributed by atoms with van der Waals surface area (Å²) in [4.78, 5) is 8.15. The number of imidazole rings is 1. The largest absolute Gasteiger partial charge is 0.387 e. The van der Waals surface area contributed by atoms with Crippen LogP contribution in [-0.4, -0.2) is 68.1 Å². The average Bonchev–Trinajstić information content (AvgIpc) is 2.94. The second kappa shape index (κ2) is 5.93. The van der Waals surface area contributed by atoms with E-state index in [4.69, 9.17) is 4.74 Å². The number of nitrogens with zero attached hydrogens (tertiary/aromatic N) is 3. The van der Waals surface area contributed by atoms with Crippen molar-refractivity contribution >= 4 is 23.9 Å². The van der Waals surface area contributed by atoms with Gasteiger partial charge >= 0.3 is 0 Å². The van der Waals surface area contributed by atoms with E-state index in [2.05, 4.69) is 15.3 Å². The molecule has 1 aromatic rings. The Labute approximate surface area is 125 Å². The summed E-state index contributed by atoms with van der Waals surface area (Å²) in [6.45, 7) is 0.225. The molecule has 3 heterocycles. The number of anilines is 1. The molecule has 1 saturated heterocycles. The summed E-state index contributed by atoms with van der Waals surface area (Å²) in [5, 5.41) is 33.2. The average molecular weight is 314 g/mol. The summed E-state index contributed by atoms with van der Waals surface area (Å²) in [5.74, 6) is 1.10. The number of hydrogen-bond donors (Lipinski definition) is 4. The molecule has 0 aliphatic carbocycles. The van der Waals surface area contributed by atoms with Gasteiger partial charge in [-0.3, -0.25) is 9.56 Å². The molecule has 21 heavy (non-hydrogen) atoms. The Morgan fingerprint density at radius 1 is 1.43 bits per heavy atom. The van der Waals surface area contributed by atoms with E-state index in [9.17, 15) is 15.3 Å². The van der Waals surface area contributed by atoms with Gasteiger partial charge in [0.2, 0.25) is 0 Å². The smallest absolute Gasteiger partial charge is 0.165 e. The van der Waals surface area contributed by atoms with E-state index in [1.54, 1.807) is 4.57 Å². The minimum absolute atomic E-state index is 0.225. The van der Waals surface area contributed by atoms with Crippen molar-refractivity contribution in [2.45, 2.75) is 30.6 Å². The van der Waals surface area contributed by atoms with Crippen molar-refractivity contribution in [1.29, 1.82) is 0 Å². The lowest BCUT2D eigenvalue weighted by atomic mass is 10.1. The molecular weight excluding hydrogens is 296 g/mol. The Morgan fingerprint density at radius 3 is 3.00 bits per heavy atom. The molecule has 5 atom stereocenters. The Bertz CT molecular complexity index is 537. The third kappa shape index (κ3) is 2.55. The summed E-state index contributed by atoms with van der Waals surface area (Å²) in [6.07, 6.45) is 0.865. The van der Waals surface area contributed by atoms with Crippen LogP contribution in [0.25, 0.3) is 0 Å². The highest BCUT2D eigenvalue weighted by molar-refractivity contribution is 7.98. The van der Waals surface area contributed by atoms with Gasteiger partial charge in [0, 0.05) is 5.75 Å². The monoisotopic (exact) mass is 314 g/mol. The molecule has 0 saturated carbocycles. The molecule has 9 heteroatoms. The van der Waals surface area contributed by atoms with Crippen LogP contribution in [0.15, 0.2) is 11.3 Å². The van der Waals surface area contributed by atoms with Gasteiger partial charge in [-0.25, -0.2) is 4.98 Å². The summed E-state index contributed by atoms with van der Waals surface area (Å²) in [5.41, 5.74) is 0.450. The van der Waals surface area contributed by atoms with Crippen LogP contribution in [0.2, 0.25) is 0 Å². The standard InChI is InChI=1S/C12H18N4O4S/c1-21-3-7-9(18)10(19)12(20-7)16-5-15-8-6(17)2-13-4-14-11(8)16/h4-7,9-10,12,17-19H,2-3H2,1H3,(H,13,14)/t6-,7-,9-,10-,12-/m1/s1. The fourth-order valence-corrected chi connectivity index (χ4v) is 3.17. The van der Waals surface area contributed by atoms with E-state index in [1.807, 2.05) is 6.26 Å². The van der Waals surface area contributed by atoms with E-state index in [1.165, 1.54) is 24.4 Å². The molecule has 8 nitrogen and oxygen atoms in total. The molecule has 3 rings (SSSR count). The Kier molecular flexibility index (Phi) is 4.18. The minimum atomic E-state index is -1.06. The number of aliphatic hydroxyl groups is 3. The molecule has 1 aromatic heterocycles. The lowest BCUT2D eigenvalue weighted by Gasteiger charge is -2.19. The van der Waals surface area contributed by atoms with Gasteiger partial charge in [-0.2, -0.15) is 11.8 Å². The molecule has 0 aromatic carbocycles. The number of aliphatic imine (C=N–C) groups is 1. The molecule has 0 unspecified atom stereocenters. The second-order valence-electron chi connectivity index (χ2n) is 5.04. The number of nitrogens with one attached hydrogen (secondary N) is 1. The van der Waals surface area contributed by atoms with Crippen LogP contribution in [0.5, 0.6) is 0 Å². The van der Waals surface area contributed by atoms with Crippen LogP contribution in [0.1, 0.15) is 18.0 Å². The summed E-state index contributed by atoms with van der Waals surface area (Å²) < 4.78 is 7.34. The van der Waals surface area contributed by atoms with Gasteiger partial charge in [0.25, 0.3) is 0 Å². The first-order valence-corrected chi connectivity index (χ1v) is 8.03. The molecule has 4 N–H and O–H groups in total. The summed E-state index contributed by atoms with van der Waals surface area (Å²) in [7, 11) is 0. The quantitative estimate of drug-likeness (QED) is 0.586. The van der Waals surface area contributed by atoms with Crippen LogP contribution >= 0.6 is 11.8 Å². The van der Waals surface area contributed by atoms with Crippen molar-refractivity contribution in [3.63, 3.8) is 0 Å². The van der Waals surface area contributed by atoms with E-state index in [-0.39, 0.29) is 6.54 Å². The van der Waals surface area contributed by atoms with Gasteiger partial charge in [0.05, 0.1) is 25.3 Å². The van der Waals surface area contributed by atoms with Crippen LogP contribution < -0.4 is 5.32 Å². The molecule has 0 spiro atoms. The lowest BCUT2D eigenvalue weighted by molar-refractivity contribution is -0.0298. The maximum absolute atomic E-state index is 10.2. The van der Waals surface area contributed by atoms with Crippen molar-refractivity contribution in [3.05, 3.63) is 12.0 Å². The van der Waals surface area contributed by atoms with E-state index >= 15 is 0 Å². The number of aromatic nitrogens is 2. The number of thioether (sulfide) groups is 1. The predicted octanol–water partition coefficient (Wildman–Crippen LogP) is -0.648. The highest BCUT2D eigenvalue weighted by atomic mass is 32.2. The van der Waals surface area contributed by atoms with Crippen molar-refractivity contribution < 1.29 is 20.1 Å². The zero-order valence-corrected chi connectivity index (χ0v) is 12.3. The minimum Gasteiger partial charge on any atom is -0.387 e. The van der Waals surface area contributed by atoms with Gasteiger partial charge in [0.15, 0.2) is 6.23 Å². The number of rotatable bonds is 3. The zero-order chi connectivity index (χ0) is 15.0. The van der Waals surface area contributed by atoms with Crippen molar-refractivity contribution in [3.8, 4) is 0 Å². The maximum Gasteiger partial charge on any atom is 0.165 e. The van der Waals surface area contributed by atoms with Crippen molar-refractivity contribution in [1.82, 2.24) is 9.55 Å². The third-order valence-corrected chi connectivity index (χ3v) is 4.31. The summed E-state index contributed by atoms with van der Waals surface area (Å²) in [6, 6.07) is 0. The van der Waals surface area contributed by atoms with Crippen LogP contribution in [0.3, 0.4) is 0 Å². The molecular formula is C12H18N4O4S. The van der Waals surface area contributed by atoms with Gasteiger partial charge in [-0.1, -0.05) is 0 Å². The molecule has 2 aliphatic rings. The fraction of sp³-hybridized carbons (Fsp3) is 0.667. The molecule has 1 fully saturated rings. The molecule has 116 valence electrons. The summed E-state index contributed by atoms with van der Waals surface area (Å²) >= 11 is 1.54. The molecule has 0 amide bonds. The Hall–Kier alpha value is -1.13. The second-order valence-corrected chi connectivity index (χ2v) is 5.95. The highest BCUT2D eigenvalue weighted by Gasteiger charge is 2.44. The Morgan fingerprint density at radius 2 is 2.24 bits per heavy atom. The van der Waals surface area contributed by atoms with E-state index < -0.39 is 30.6 Å². The SMILES string of the molecule is CSC[C@H]1O[C@@H](n2cnc3c2NC=NC[C@H]3O)[C@H](O)[C@@H]1O. The number of ether oxygens (including phenoxy) is 1. The predicted molar refractivity (Wildman–Crippen MR) is 78.5 cm³/mol. The number of hydrogen-bond acceptors (Lipinski definition) is 8. The van der Waals surface area contributed by atoms with Crippen LogP contribution in [-0.2, 0) is 4.74 Å². The lowest BCUT2D eigenvalue weighted by Crippen LogP contribution is -2.32. The Balaban J connectivity index is 1.90. The van der Waals surface area contributed by atoms with Crippen LogP contribution in [0, 0.1) is 0 Å². The molecule has 0 radical (unpaired) electrons. The van der Waals surface area contributed by atoms with Gasteiger partial charge in [-0.05, 0) is 6.26 Å².